The molecule has 0 fully saturated rings. The standard InChI is InChI=1S/C15H16O10S4/c1-26(16,17)24-12-3-7-14(8-4-12)28(20,21)11-29(22,23)15-9-5-13(6-10-15)25-27(2,18)19/h3-10H,11H2,1-2H3. The average Bonchev–Trinajstić information content (AvgIpc) is 2.52. The topological polar surface area (TPSA) is 155 Å². The molecule has 29 heavy (non-hydrogen) atoms. The molecule has 0 aliphatic rings. The Morgan fingerprint density at radius 3 is 1.07 bits per heavy atom. The van der Waals surface area contributed by atoms with Gasteiger partial charge in [-0.05, 0) is 48.5 Å². The van der Waals surface area contributed by atoms with Gasteiger partial charge < -0.3 is 8.37 Å². The van der Waals surface area contributed by atoms with Gasteiger partial charge in [0.2, 0.25) is 0 Å². The van der Waals surface area contributed by atoms with E-state index in [1.807, 2.05) is 0 Å². The monoisotopic (exact) mass is 484 g/mol. The first kappa shape index (κ1) is 23.1. The Morgan fingerprint density at radius 1 is 0.552 bits per heavy atom. The largest absolute Gasteiger partial charge is 0.383 e. The Morgan fingerprint density at radius 2 is 0.828 bits per heavy atom. The molecule has 0 unspecified atom stereocenters. The summed E-state index contributed by atoms with van der Waals surface area (Å²) >= 11 is 0. The molecule has 0 radical (unpaired) electrons. The molecule has 2 aromatic rings. The summed E-state index contributed by atoms with van der Waals surface area (Å²) in [5, 5.41) is -1.25. The van der Waals surface area contributed by atoms with Crippen molar-refractivity contribution < 1.29 is 42.0 Å². The Bertz CT molecular complexity index is 1200. The van der Waals surface area contributed by atoms with Crippen LogP contribution >= 0.6 is 0 Å². The van der Waals surface area contributed by atoms with Crippen LogP contribution in [-0.2, 0) is 39.9 Å². The van der Waals surface area contributed by atoms with E-state index in [1.54, 1.807) is 0 Å². The van der Waals surface area contributed by atoms with Gasteiger partial charge >= 0.3 is 20.2 Å². The minimum atomic E-state index is -4.29. The van der Waals surface area contributed by atoms with Crippen molar-refractivity contribution in [3.05, 3.63) is 48.5 Å². The second kappa shape index (κ2) is 7.93. The zero-order chi connectivity index (χ0) is 22.1. The van der Waals surface area contributed by atoms with E-state index in [-0.39, 0.29) is 21.3 Å². The number of rotatable bonds is 8. The molecular formula is C15H16O10S4. The molecule has 0 saturated heterocycles. The van der Waals surface area contributed by atoms with Crippen LogP contribution in [-0.4, -0.2) is 51.3 Å². The predicted octanol–water partition coefficient (Wildman–Crippen LogP) is 0.568. The average molecular weight is 485 g/mol. The van der Waals surface area contributed by atoms with Gasteiger partial charge in [0, 0.05) is 0 Å². The molecule has 10 nitrogen and oxygen atoms in total. The minimum Gasteiger partial charge on any atom is -0.383 e. The number of sulfone groups is 2. The van der Waals surface area contributed by atoms with Gasteiger partial charge in [0.1, 0.15) is 11.5 Å². The summed E-state index contributed by atoms with van der Waals surface area (Å²) in [6, 6.07) is 8.41. The summed E-state index contributed by atoms with van der Waals surface area (Å²) < 4.78 is 103. The molecule has 160 valence electrons. The van der Waals surface area contributed by atoms with Crippen LogP contribution in [0.4, 0.5) is 0 Å². The molecule has 0 aromatic heterocycles. The molecule has 0 spiro atoms. The molecule has 0 atom stereocenters. The Kier molecular flexibility index (Phi) is 6.32. The third-order valence-corrected chi connectivity index (χ3v) is 8.62. The van der Waals surface area contributed by atoms with E-state index in [9.17, 15) is 33.7 Å². The lowest BCUT2D eigenvalue weighted by atomic mass is 10.3. The van der Waals surface area contributed by atoms with Crippen LogP contribution < -0.4 is 8.37 Å². The van der Waals surface area contributed by atoms with Crippen LogP contribution in [0.25, 0.3) is 0 Å². The second-order valence-corrected chi connectivity index (χ2v) is 13.4. The lowest BCUT2D eigenvalue weighted by Gasteiger charge is -2.08. The lowest BCUT2D eigenvalue weighted by molar-refractivity contribution is 0.491. The Balaban J connectivity index is 2.24. The van der Waals surface area contributed by atoms with Crippen LogP contribution in [0, 0.1) is 0 Å². The third kappa shape index (κ3) is 6.99. The first-order valence-electron chi connectivity index (χ1n) is 7.52. The highest BCUT2D eigenvalue weighted by Gasteiger charge is 2.26. The van der Waals surface area contributed by atoms with Crippen molar-refractivity contribution in [3.8, 4) is 11.5 Å². The second-order valence-electron chi connectivity index (χ2n) is 5.87. The van der Waals surface area contributed by atoms with Gasteiger partial charge in [-0.3, -0.25) is 0 Å². The predicted molar refractivity (Wildman–Crippen MR) is 103 cm³/mol. The van der Waals surface area contributed by atoms with Gasteiger partial charge in [-0.15, -0.1) is 0 Å². The summed E-state index contributed by atoms with van der Waals surface area (Å²) in [6.07, 6.45) is 1.63. The Hall–Kier alpha value is -2.16. The number of hydrogen-bond donors (Lipinski definition) is 0. The molecular weight excluding hydrogens is 468 g/mol. The van der Waals surface area contributed by atoms with Crippen molar-refractivity contribution in [2.45, 2.75) is 9.79 Å². The highest BCUT2D eigenvalue weighted by atomic mass is 32.3. The van der Waals surface area contributed by atoms with Gasteiger partial charge in [-0.2, -0.15) is 16.8 Å². The van der Waals surface area contributed by atoms with Crippen molar-refractivity contribution >= 4 is 39.9 Å². The third-order valence-electron chi connectivity index (χ3n) is 3.17. The van der Waals surface area contributed by atoms with Crippen molar-refractivity contribution in [2.75, 3.05) is 17.6 Å². The van der Waals surface area contributed by atoms with Crippen molar-refractivity contribution in [1.29, 1.82) is 0 Å². The molecule has 0 bridgehead atoms. The number of hydrogen-bond acceptors (Lipinski definition) is 10. The molecule has 2 aromatic carbocycles. The highest BCUT2D eigenvalue weighted by molar-refractivity contribution is 8.08. The summed E-state index contributed by atoms with van der Waals surface area (Å²) in [5.74, 6) is -0.258. The fourth-order valence-corrected chi connectivity index (χ4v) is 6.84. The fraction of sp³-hybridized carbons (Fsp3) is 0.200. The highest BCUT2D eigenvalue weighted by Crippen LogP contribution is 2.23. The molecule has 0 saturated carbocycles. The normalized spacial score (nSPS) is 13.0. The first-order valence-corrected chi connectivity index (χ1v) is 14.5. The van der Waals surface area contributed by atoms with Crippen LogP contribution in [0.5, 0.6) is 11.5 Å². The molecule has 2 rings (SSSR count). The van der Waals surface area contributed by atoms with Crippen LogP contribution in [0.2, 0.25) is 0 Å². The van der Waals surface area contributed by atoms with Crippen molar-refractivity contribution in [2.24, 2.45) is 0 Å². The molecule has 14 heteroatoms. The maximum atomic E-state index is 12.4. The van der Waals surface area contributed by atoms with Gasteiger partial charge in [0.15, 0.2) is 24.8 Å². The molecule has 0 amide bonds. The fourth-order valence-electron chi connectivity index (χ4n) is 2.09. The summed E-state index contributed by atoms with van der Waals surface area (Å²) in [6.45, 7) is 0. The smallest absolute Gasteiger partial charge is 0.306 e. The van der Waals surface area contributed by atoms with Gasteiger partial charge in [0.25, 0.3) is 0 Å². The van der Waals surface area contributed by atoms with Crippen LogP contribution in [0.1, 0.15) is 0 Å². The lowest BCUT2D eigenvalue weighted by Crippen LogP contribution is -2.17. The quantitative estimate of drug-likeness (QED) is 0.485. The minimum absolute atomic E-state index is 0.129. The molecule has 0 N–H and O–H groups in total. The molecule has 0 aliphatic heterocycles. The zero-order valence-electron chi connectivity index (χ0n) is 15.0. The summed E-state index contributed by atoms with van der Waals surface area (Å²) in [4.78, 5) is -0.696. The van der Waals surface area contributed by atoms with E-state index in [0.29, 0.717) is 0 Å². The van der Waals surface area contributed by atoms with Gasteiger partial charge in [-0.25, -0.2) is 16.8 Å². The zero-order valence-corrected chi connectivity index (χ0v) is 18.3. The van der Waals surface area contributed by atoms with E-state index < -0.39 is 45.0 Å². The van der Waals surface area contributed by atoms with E-state index in [1.165, 1.54) is 0 Å². The Labute approximate surface area is 169 Å². The van der Waals surface area contributed by atoms with Gasteiger partial charge in [-0.1, -0.05) is 0 Å². The number of benzene rings is 2. The maximum Gasteiger partial charge on any atom is 0.306 e. The van der Waals surface area contributed by atoms with Crippen LogP contribution in [0.3, 0.4) is 0 Å². The molecule has 0 heterocycles. The van der Waals surface area contributed by atoms with E-state index in [4.69, 9.17) is 0 Å². The van der Waals surface area contributed by atoms with Gasteiger partial charge in [0.05, 0.1) is 22.3 Å². The summed E-state index contributed by atoms with van der Waals surface area (Å²) in [5.41, 5.74) is 0. The maximum absolute atomic E-state index is 12.4. The first-order chi connectivity index (χ1) is 13.1. The summed E-state index contributed by atoms with van der Waals surface area (Å²) in [7, 11) is -16.2. The van der Waals surface area contributed by atoms with E-state index >= 15 is 0 Å². The van der Waals surface area contributed by atoms with E-state index in [0.717, 1.165) is 61.0 Å². The molecule has 0 aliphatic carbocycles. The SMILES string of the molecule is CS(=O)(=O)Oc1ccc(S(=O)(=O)CS(=O)(=O)c2ccc(OS(C)(=O)=O)cc2)cc1. The van der Waals surface area contributed by atoms with Crippen molar-refractivity contribution in [1.82, 2.24) is 0 Å². The van der Waals surface area contributed by atoms with E-state index in [2.05, 4.69) is 8.37 Å². The van der Waals surface area contributed by atoms with Crippen LogP contribution in [0.15, 0.2) is 58.3 Å². The van der Waals surface area contributed by atoms with Crippen molar-refractivity contribution in [3.63, 3.8) is 0 Å².